The predicted molar refractivity (Wildman–Crippen MR) is 149 cm³/mol. The van der Waals surface area contributed by atoms with E-state index in [-0.39, 0.29) is 27.6 Å². The number of nitrogens with one attached hydrogen (secondary N) is 3. The zero-order valence-electron chi connectivity index (χ0n) is 21.9. The number of hydrogen-bond donors (Lipinski definition) is 3. The van der Waals surface area contributed by atoms with Crippen LogP contribution in [0.5, 0.6) is 0 Å². The fourth-order valence-electron chi connectivity index (χ4n) is 3.93. The number of rotatable bonds is 8. The molecule has 40 heavy (non-hydrogen) atoms. The molecule has 9 nitrogen and oxygen atoms in total. The van der Waals surface area contributed by atoms with Gasteiger partial charge in [0.25, 0.3) is 5.91 Å². The Morgan fingerprint density at radius 3 is 2.58 bits per heavy atom. The number of pyridine rings is 2. The maximum atomic E-state index is 13.4. The first-order valence-corrected chi connectivity index (χ1v) is 13.4. The number of halogens is 3. The van der Waals surface area contributed by atoms with Crippen LogP contribution < -0.4 is 21.4 Å². The molecule has 0 radical (unpaired) electrons. The van der Waals surface area contributed by atoms with Crippen LogP contribution in [-0.4, -0.2) is 33.0 Å². The van der Waals surface area contributed by atoms with Gasteiger partial charge in [0.1, 0.15) is 16.4 Å². The molecule has 3 N–H and O–H groups in total. The topological polar surface area (TPSA) is 118 Å². The predicted octanol–water partition coefficient (Wildman–Crippen LogP) is 5.98. The molecule has 0 aliphatic heterocycles. The molecule has 4 rings (SSSR count). The van der Waals surface area contributed by atoms with E-state index in [0.29, 0.717) is 41.2 Å². The minimum absolute atomic E-state index is 0.0239. The van der Waals surface area contributed by atoms with Crippen LogP contribution in [0.2, 0.25) is 0 Å². The Kier molecular flexibility index (Phi) is 8.52. The molecule has 0 saturated carbocycles. The molecule has 3 aromatic heterocycles. The number of para-hydroxylation sites is 1. The Bertz CT molecular complexity index is 1610. The average Bonchev–Trinajstić information content (AvgIpc) is 3.40. The molecule has 0 unspecified atom stereocenters. The zero-order chi connectivity index (χ0) is 29.0. The number of fused-ring (bicyclic) bond motifs is 1. The van der Waals surface area contributed by atoms with Gasteiger partial charge in [0.05, 0.1) is 17.4 Å². The lowest BCUT2D eigenvalue weighted by Crippen LogP contribution is -2.28. The van der Waals surface area contributed by atoms with Gasteiger partial charge in [-0.3, -0.25) is 14.9 Å². The summed E-state index contributed by atoms with van der Waals surface area (Å²) in [7, 11) is 0. The van der Waals surface area contributed by atoms with E-state index in [2.05, 4.69) is 39.8 Å². The molecule has 0 fully saturated rings. The van der Waals surface area contributed by atoms with Gasteiger partial charge in [-0.25, -0.2) is 14.8 Å². The second kappa shape index (κ2) is 11.9. The molecule has 0 aliphatic rings. The van der Waals surface area contributed by atoms with Crippen molar-refractivity contribution in [3.05, 3.63) is 69.6 Å². The van der Waals surface area contributed by atoms with Crippen LogP contribution in [-0.2, 0) is 12.7 Å². The second-order valence-electron chi connectivity index (χ2n) is 9.35. The highest BCUT2D eigenvalue weighted by molar-refractivity contribution is 7.13. The lowest BCUT2D eigenvalue weighted by molar-refractivity contribution is -0.140. The van der Waals surface area contributed by atoms with Gasteiger partial charge in [0.15, 0.2) is 5.69 Å². The quantitative estimate of drug-likeness (QED) is 0.240. The van der Waals surface area contributed by atoms with Crippen molar-refractivity contribution in [2.45, 2.75) is 39.9 Å². The highest BCUT2D eigenvalue weighted by Crippen LogP contribution is 2.37. The van der Waals surface area contributed by atoms with Gasteiger partial charge in [0.2, 0.25) is 5.43 Å². The summed E-state index contributed by atoms with van der Waals surface area (Å²) in [6, 6.07) is 7.72. The number of thiazole rings is 1. The molecule has 210 valence electrons. The third kappa shape index (κ3) is 6.47. The maximum absolute atomic E-state index is 13.4. The number of benzene rings is 1. The number of anilines is 2. The van der Waals surface area contributed by atoms with Crippen molar-refractivity contribution in [2.75, 3.05) is 17.2 Å². The summed E-state index contributed by atoms with van der Waals surface area (Å²) in [5.74, 6) is -0.339. The van der Waals surface area contributed by atoms with Crippen molar-refractivity contribution in [3.63, 3.8) is 0 Å². The van der Waals surface area contributed by atoms with Gasteiger partial charge in [0, 0.05) is 35.6 Å². The molecule has 3 heterocycles. The van der Waals surface area contributed by atoms with Gasteiger partial charge >= 0.3 is 12.2 Å². The third-order valence-electron chi connectivity index (χ3n) is 5.94. The lowest BCUT2D eigenvalue weighted by atomic mass is 10.1. The average molecular weight is 573 g/mol. The molecule has 3 amide bonds. The third-order valence-corrected chi connectivity index (χ3v) is 6.81. The van der Waals surface area contributed by atoms with E-state index in [1.807, 2.05) is 16.7 Å². The Balaban J connectivity index is 1.75. The van der Waals surface area contributed by atoms with E-state index in [0.717, 1.165) is 11.8 Å². The van der Waals surface area contributed by atoms with Crippen LogP contribution >= 0.6 is 11.3 Å². The summed E-state index contributed by atoms with van der Waals surface area (Å²) in [5, 5.41) is 8.81. The normalized spacial score (nSPS) is 11.6. The van der Waals surface area contributed by atoms with Gasteiger partial charge in [-0.15, -0.1) is 11.3 Å². The van der Waals surface area contributed by atoms with Crippen molar-refractivity contribution in [1.29, 1.82) is 0 Å². The van der Waals surface area contributed by atoms with Gasteiger partial charge in [-0.1, -0.05) is 26.0 Å². The Hall–Kier alpha value is -4.26. The van der Waals surface area contributed by atoms with Gasteiger partial charge < -0.3 is 15.2 Å². The number of urea groups is 1. The van der Waals surface area contributed by atoms with E-state index >= 15 is 0 Å². The molecule has 0 atom stereocenters. The van der Waals surface area contributed by atoms with E-state index in [4.69, 9.17) is 0 Å². The van der Waals surface area contributed by atoms with E-state index in [1.165, 1.54) is 18.5 Å². The Morgan fingerprint density at radius 2 is 1.90 bits per heavy atom. The summed E-state index contributed by atoms with van der Waals surface area (Å²) in [6.45, 7) is 6.77. The van der Waals surface area contributed by atoms with Gasteiger partial charge in [-0.05, 0) is 37.5 Å². The van der Waals surface area contributed by atoms with Crippen molar-refractivity contribution < 1.29 is 22.8 Å². The van der Waals surface area contributed by atoms with Crippen molar-refractivity contribution in [3.8, 4) is 10.6 Å². The van der Waals surface area contributed by atoms with Crippen molar-refractivity contribution >= 4 is 45.7 Å². The zero-order valence-corrected chi connectivity index (χ0v) is 22.7. The number of aryl methyl sites for hydroxylation is 1. The summed E-state index contributed by atoms with van der Waals surface area (Å²) >= 11 is 0.717. The first-order valence-electron chi connectivity index (χ1n) is 12.5. The van der Waals surface area contributed by atoms with Gasteiger partial charge in [-0.2, -0.15) is 13.2 Å². The Morgan fingerprint density at radius 1 is 1.15 bits per heavy atom. The monoisotopic (exact) mass is 572 g/mol. The summed E-state index contributed by atoms with van der Waals surface area (Å²) in [4.78, 5) is 46.5. The first kappa shape index (κ1) is 28.7. The first-order chi connectivity index (χ1) is 19.0. The smallest absolute Gasteiger partial charge is 0.346 e. The summed E-state index contributed by atoms with van der Waals surface area (Å²) in [6.07, 6.45) is -1.17. The molecule has 0 bridgehead atoms. The number of nitrogens with zero attached hydrogens (tertiary/aromatic N) is 3. The van der Waals surface area contributed by atoms with Crippen molar-refractivity contribution in [1.82, 2.24) is 19.9 Å². The lowest BCUT2D eigenvalue weighted by Gasteiger charge is -2.15. The van der Waals surface area contributed by atoms with E-state index < -0.39 is 29.2 Å². The highest BCUT2D eigenvalue weighted by atomic mass is 32.1. The summed E-state index contributed by atoms with van der Waals surface area (Å²) in [5.41, 5.74) is -0.898. The minimum atomic E-state index is -4.67. The molecule has 0 saturated heterocycles. The molecule has 1 aromatic carbocycles. The SMILES string of the molecule is CCNC(=O)Nc1cc(-c2nc(C(F)(F)F)cs2)c(NC(=O)c2cn(CCC(C)C)c3ccccc3c2=O)cn1. The fraction of sp³-hybridized carbons (Fsp3) is 0.296. The van der Waals surface area contributed by atoms with Crippen LogP contribution in [0.4, 0.5) is 29.5 Å². The fourth-order valence-corrected chi connectivity index (χ4v) is 4.78. The molecule has 0 aliphatic carbocycles. The number of carbonyl (C=O) groups excluding carboxylic acids is 2. The minimum Gasteiger partial charge on any atom is -0.346 e. The highest BCUT2D eigenvalue weighted by Gasteiger charge is 2.34. The molecule has 0 spiro atoms. The summed E-state index contributed by atoms with van der Waals surface area (Å²) < 4.78 is 41.6. The van der Waals surface area contributed by atoms with Crippen LogP contribution in [0.15, 0.2) is 52.9 Å². The number of hydrogen-bond acceptors (Lipinski definition) is 6. The second-order valence-corrected chi connectivity index (χ2v) is 10.2. The Labute approximate surface area is 231 Å². The maximum Gasteiger partial charge on any atom is 0.434 e. The van der Waals surface area contributed by atoms with E-state index in [9.17, 15) is 27.6 Å². The largest absolute Gasteiger partial charge is 0.434 e. The molecular formula is C27H27F3N6O3S. The van der Waals surface area contributed by atoms with Crippen LogP contribution in [0, 0.1) is 5.92 Å². The van der Waals surface area contributed by atoms with Crippen LogP contribution in [0.3, 0.4) is 0 Å². The van der Waals surface area contributed by atoms with Crippen molar-refractivity contribution in [2.24, 2.45) is 5.92 Å². The number of carbonyl (C=O) groups is 2. The molecule has 4 aromatic rings. The number of amides is 3. The molecular weight excluding hydrogens is 545 g/mol. The van der Waals surface area contributed by atoms with Crippen LogP contribution in [0.1, 0.15) is 43.2 Å². The van der Waals surface area contributed by atoms with Crippen LogP contribution in [0.25, 0.3) is 21.5 Å². The molecule has 13 heteroatoms. The van der Waals surface area contributed by atoms with E-state index in [1.54, 1.807) is 19.1 Å². The number of aromatic nitrogens is 3. The number of alkyl halides is 3. The standard InChI is InChI=1S/C27H27F3N6O3S/c1-4-31-26(39)35-22-11-17(25-34-21(14-40-25)27(28,29)30)19(12-32-22)33-24(38)18-13-36(10-9-15(2)3)20-8-6-5-7-16(20)23(18)37/h5-8,11-15H,4,9-10H2,1-3H3,(H,33,38)(H2,31,32,35,39).